The first-order chi connectivity index (χ1) is 13.5. The fraction of sp³-hybridized carbons (Fsp3) is 0.409. The number of aliphatic hydroxyl groups is 1. The molecule has 3 N–H and O–H groups in total. The fourth-order valence-electron chi connectivity index (χ4n) is 2.69. The summed E-state index contributed by atoms with van der Waals surface area (Å²) < 4.78 is 11.0. The Balaban J connectivity index is 1.96. The van der Waals surface area contributed by atoms with Crippen molar-refractivity contribution in [2.24, 2.45) is 4.99 Å². The maximum absolute atomic E-state index is 10.5. The van der Waals surface area contributed by atoms with E-state index in [-0.39, 0.29) is 6.10 Å². The molecule has 1 unspecified atom stereocenters. The van der Waals surface area contributed by atoms with E-state index < -0.39 is 6.10 Å². The first-order valence-corrected chi connectivity index (χ1v) is 9.62. The van der Waals surface area contributed by atoms with Crippen molar-refractivity contribution < 1.29 is 14.6 Å². The summed E-state index contributed by atoms with van der Waals surface area (Å²) in [5.41, 5.74) is 1.83. The topological polar surface area (TPSA) is 75.1 Å². The average molecular weight is 386 g/mol. The van der Waals surface area contributed by atoms with Crippen molar-refractivity contribution in [2.75, 3.05) is 20.2 Å². The summed E-state index contributed by atoms with van der Waals surface area (Å²) in [5.74, 6) is 2.25. The summed E-state index contributed by atoms with van der Waals surface area (Å²) in [6.07, 6.45) is -0.525. The Morgan fingerprint density at radius 1 is 1.07 bits per heavy atom. The SMILES string of the molecule is CCNC(=NCc1ccccc1OC)NCC(O)c1ccc(OC(C)C)cc1. The zero-order valence-electron chi connectivity index (χ0n) is 17.1. The number of para-hydroxylation sites is 1. The first kappa shape index (κ1) is 21.6. The molecular weight excluding hydrogens is 354 g/mol. The minimum Gasteiger partial charge on any atom is -0.496 e. The Hall–Kier alpha value is -2.73. The molecule has 2 rings (SSSR count). The monoisotopic (exact) mass is 385 g/mol. The highest BCUT2D eigenvalue weighted by atomic mass is 16.5. The number of nitrogens with zero attached hydrogens (tertiary/aromatic N) is 1. The summed E-state index contributed by atoms with van der Waals surface area (Å²) in [4.78, 5) is 4.59. The summed E-state index contributed by atoms with van der Waals surface area (Å²) in [7, 11) is 1.65. The maximum Gasteiger partial charge on any atom is 0.191 e. The molecule has 0 saturated carbocycles. The summed E-state index contributed by atoms with van der Waals surface area (Å²) in [5, 5.41) is 16.9. The van der Waals surface area contributed by atoms with E-state index >= 15 is 0 Å². The number of nitrogens with one attached hydrogen (secondary N) is 2. The van der Waals surface area contributed by atoms with Crippen LogP contribution in [0.15, 0.2) is 53.5 Å². The number of rotatable bonds is 9. The molecule has 2 aromatic rings. The van der Waals surface area contributed by atoms with Crippen LogP contribution in [0.4, 0.5) is 0 Å². The van der Waals surface area contributed by atoms with E-state index in [2.05, 4.69) is 15.6 Å². The number of guanidine groups is 1. The second-order valence-corrected chi connectivity index (χ2v) is 6.64. The summed E-state index contributed by atoms with van der Waals surface area (Å²) >= 11 is 0. The van der Waals surface area contributed by atoms with Crippen LogP contribution in [0.2, 0.25) is 0 Å². The Bertz CT molecular complexity index is 745. The van der Waals surface area contributed by atoms with Crippen LogP contribution < -0.4 is 20.1 Å². The molecule has 0 fully saturated rings. The number of benzene rings is 2. The minimum absolute atomic E-state index is 0.125. The van der Waals surface area contributed by atoms with Gasteiger partial charge in [-0.15, -0.1) is 0 Å². The first-order valence-electron chi connectivity index (χ1n) is 9.62. The average Bonchev–Trinajstić information content (AvgIpc) is 2.70. The second-order valence-electron chi connectivity index (χ2n) is 6.64. The third-order valence-corrected chi connectivity index (χ3v) is 4.04. The number of hydrogen-bond acceptors (Lipinski definition) is 4. The van der Waals surface area contributed by atoms with Crippen LogP contribution in [-0.2, 0) is 6.54 Å². The molecule has 0 aliphatic carbocycles. The molecular formula is C22H31N3O3. The molecule has 1 atom stereocenters. The number of hydrogen-bond donors (Lipinski definition) is 3. The molecule has 0 heterocycles. The van der Waals surface area contributed by atoms with Gasteiger partial charge in [0.05, 0.1) is 25.9 Å². The Morgan fingerprint density at radius 2 is 1.79 bits per heavy atom. The number of aliphatic imine (C=N–C) groups is 1. The number of methoxy groups -OCH3 is 1. The lowest BCUT2D eigenvalue weighted by atomic mass is 10.1. The zero-order chi connectivity index (χ0) is 20.4. The lowest BCUT2D eigenvalue weighted by Gasteiger charge is -2.16. The molecule has 0 radical (unpaired) electrons. The van der Waals surface area contributed by atoms with E-state index in [4.69, 9.17) is 9.47 Å². The number of ether oxygens (including phenoxy) is 2. The summed E-state index contributed by atoms with van der Waals surface area (Å²) in [6.45, 7) is 7.54. The third-order valence-electron chi connectivity index (χ3n) is 4.04. The molecule has 0 aliphatic rings. The van der Waals surface area contributed by atoms with E-state index in [0.29, 0.717) is 19.0 Å². The Kier molecular flexibility index (Phi) is 8.62. The van der Waals surface area contributed by atoms with Gasteiger partial charge in [0.15, 0.2) is 5.96 Å². The normalized spacial score (nSPS) is 12.6. The van der Waals surface area contributed by atoms with Crippen LogP contribution in [0.3, 0.4) is 0 Å². The van der Waals surface area contributed by atoms with Crippen molar-refractivity contribution in [3.8, 4) is 11.5 Å². The minimum atomic E-state index is -0.650. The highest BCUT2D eigenvalue weighted by Crippen LogP contribution is 2.19. The third kappa shape index (κ3) is 6.78. The Labute approximate surface area is 167 Å². The molecule has 0 saturated heterocycles. The molecule has 6 nitrogen and oxygen atoms in total. The van der Waals surface area contributed by atoms with Crippen molar-refractivity contribution in [1.29, 1.82) is 0 Å². The van der Waals surface area contributed by atoms with E-state index in [0.717, 1.165) is 29.2 Å². The van der Waals surface area contributed by atoms with Gasteiger partial charge >= 0.3 is 0 Å². The van der Waals surface area contributed by atoms with Gasteiger partial charge < -0.3 is 25.2 Å². The van der Waals surface area contributed by atoms with Gasteiger partial charge in [0.1, 0.15) is 11.5 Å². The van der Waals surface area contributed by atoms with Crippen molar-refractivity contribution >= 4 is 5.96 Å². The molecule has 28 heavy (non-hydrogen) atoms. The highest BCUT2D eigenvalue weighted by molar-refractivity contribution is 5.79. The van der Waals surface area contributed by atoms with Gasteiger partial charge in [0.25, 0.3) is 0 Å². The van der Waals surface area contributed by atoms with Crippen LogP contribution in [0.5, 0.6) is 11.5 Å². The lowest BCUT2D eigenvalue weighted by molar-refractivity contribution is 0.180. The van der Waals surface area contributed by atoms with Crippen LogP contribution in [0.1, 0.15) is 38.0 Å². The molecule has 0 bridgehead atoms. The molecule has 6 heteroatoms. The highest BCUT2D eigenvalue weighted by Gasteiger charge is 2.09. The van der Waals surface area contributed by atoms with Gasteiger partial charge in [-0.2, -0.15) is 0 Å². The molecule has 0 aromatic heterocycles. The predicted molar refractivity (Wildman–Crippen MR) is 113 cm³/mol. The van der Waals surface area contributed by atoms with E-state index in [9.17, 15) is 5.11 Å². The zero-order valence-corrected chi connectivity index (χ0v) is 17.1. The standard InChI is InChI=1S/C22H31N3O3/c1-5-23-22(24-14-18-8-6-7-9-21(18)27-4)25-15-20(26)17-10-12-19(13-11-17)28-16(2)3/h6-13,16,20,26H,5,14-15H2,1-4H3,(H2,23,24,25). The molecule has 0 aliphatic heterocycles. The lowest BCUT2D eigenvalue weighted by Crippen LogP contribution is -2.39. The van der Waals surface area contributed by atoms with Gasteiger partial charge in [-0.25, -0.2) is 4.99 Å². The van der Waals surface area contributed by atoms with Crippen molar-refractivity contribution in [2.45, 2.75) is 39.5 Å². The molecule has 152 valence electrons. The molecule has 2 aromatic carbocycles. The smallest absolute Gasteiger partial charge is 0.191 e. The number of aliphatic hydroxyl groups excluding tert-OH is 1. The Morgan fingerprint density at radius 3 is 2.43 bits per heavy atom. The van der Waals surface area contributed by atoms with Gasteiger partial charge in [0, 0.05) is 18.7 Å². The van der Waals surface area contributed by atoms with Gasteiger partial charge in [-0.3, -0.25) is 0 Å². The van der Waals surface area contributed by atoms with Crippen molar-refractivity contribution in [3.63, 3.8) is 0 Å². The van der Waals surface area contributed by atoms with Gasteiger partial charge in [0.2, 0.25) is 0 Å². The van der Waals surface area contributed by atoms with E-state index in [1.54, 1.807) is 7.11 Å². The van der Waals surface area contributed by atoms with E-state index in [1.165, 1.54) is 0 Å². The quantitative estimate of drug-likeness (QED) is 0.456. The van der Waals surface area contributed by atoms with Crippen molar-refractivity contribution in [3.05, 3.63) is 59.7 Å². The summed E-state index contributed by atoms with van der Waals surface area (Å²) in [6, 6.07) is 15.3. The van der Waals surface area contributed by atoms with Crippen LogP contribution in [0.25, 0.3) is 0 Å². The maximum atomic E-state index is 10.5. The van der Waals surface area contributed by atoms with Gasteiger partial charge in [-0.05, 0) is 44.5 Å². The predicted octanol–water partition coefficient (Wildman–Crippen LogP) is 3.27. The van der Waals surface area contributed by atoms with Crippen molar-refractivity contribution in [1.82, 2.24) is 10.6 Å². The van der Waals surface area contributed by atoms with Crippen LogP contribution in [-0.4, -0.2) is 37.4 Å². The van der Waals surface area contributed by atoms with Crippen LogP contribution >= 0.6 is 0 Å². The van der Waals surface area contributed by atoms with E-state index in [1.807, 2.05) is 69.3 Å². The van der Waals surface area contributed by atoms with Gasteiger partial charge in [-0.1, -0.05) is 30.3 Å². The molecule has 0 spiro atoms. The van der Waals surface area contributed by atoms with Crippen LogP contribution in [0, 0.1) is 0 Å². The fourth-order valence-corrected chi connectivity index (χ4v) is 2.69. The largest absolute Gasteiger partial charge is 0.496 e. The second kappa shape index (κ2) is 11.2. The molecule has 0 amide bonds.